The zero-order valence-electron chi connectivity index (χ0n) is 16.9. The number of thiophene rings is 1. The van der Waals surface area contributed by atoms with Gasteiger partial charge in [-0.3, -0.25) is 9.69 Å². The molecule has 8 heteroatoms. The second-order valence-corrected chi connectivity index (χ2v) is 8.49. The van der Waals surface area contributed by atoms with Crippen LogP contribution in [0.1, 0.15) is 30.1 Å². The van der Waals surface area contributed by atoms with Crippen molar-refractivity contribution in [1.82, 2.24) is 14.9 Å². The number of nitrogens with zero attached hydrogens (tertiary/aromatic N) is 2. The van der Waals surface area contributed by atoms with E-state index in [1.165, 1.54) is 11.3 Å². The van der Waals surface area contributed by atoms with Crippen LogP contribution in [0.5, 0.6) is 0 Å². The van der Waals surface area contributed by atoms with Crippen molar-refractivity contribution < 1.29 is 14.6 Å². The number of aromatic nitrogens is 2. The number of aryl methyl sites for hydroxylation is 2. The number of rotatable bonds is 11. The number of methoxy groups -OCH3 is 1. The molecule has 0 spiro atoms. The summed E-state index contributed by atoms with van der Waals surface area (Å²) in [5.41, 5.74) is 0.883. The fourth-order valence-corrected chi connectivity index (χ4v) is 3.88. The third-order valence-corrected chi connectivity index (χ3v) is 5.40. The zero-order chi connectivity index (χ0) is 20.0. The molecular formula is C19H31N3O4S. The summed E-state index contributed by atoms with van der Waals surface area (Å²) in [6, 6.07) is 0. The van der Waals surface area contributed by atoms with Gasteiger partial charge in [0.05, 0.1) is 31.2 Å². The number of hydrogen-bond acceptors (Lipinski definition) is 7. The molecule has 152 valence electrons. The van der Waals surface area contributed by atoms with Gasteiger partial charge in [-0.1, -0.05) is 13.8 Å². The standard InChI is InChI=1S/C19H31N3O4S/c1-12(2)10-26-11-15(23)8-22(6-7-25-5)9-16-20-18(24)17-13(3)14(4)27-19(17)21-16/h12,15,23H,6-11H2,1-5H3,(H,20,21,24)/t15-/m1/s1. The molecule has 0 radical (unpaired) electrons. The van der Waals surface area contributed by atoms with E-state index < -0.39 is 6.10 Å². The summed E-state index contributed by atoms with van der Waals surface area (Å²) >= 11 is 1.54. The van der Waals surface area contributed by atoms with Crippen molar-refractivity contribution in [2.75, 3.05) is 40.0 Å². The molecule has 2 heterocycles. The van der Waals surface area contributed by atoms with Crippen LogP contribution in [0, 0.1) is 19.8 Å². The number of hydrogen-bond donors (Lipinski definition) is 2. The Bertz CT molecular complexity index is 787. The maximum atomic E-state index is 12.5. The third kappa shape index (κ3) is 6.36. The Morgan fingerprint density at radius 2 is 2.04 bits per heavy atom. The maximum Gasteiger partial charge on any atom is 0.259 e. The van der Waals surface area contributed by atoms with E-state index in [1.807, 2.05) is 18.7 Å². The fraction of sp³-hybridized carbons (Fsp3) is 0.684. The minimum Gasteiger partial charge on any atom is -0.389 e. The predicted octanol–water partition coefficient (Wildman–Crippen LogP) is 2.08. The van der Waals surface area contributed by atoms with Gasteiger partial charge in [0.2, 0.25) is 0 Å². The lowest BCUT2D eigenvalue weighted by atomic mass is 10.2. The van der Waals surface area contributed by atoms with E-state index in [-0.39, 0.29) is 12.2 Å². The largest absolute Gasteiger partial charge is 0.389 e. The van der Waals surface area contributed by atoms with Crippen LogP contribution in [0.2, 0.25) is 0 Å². The van der Waals surface area contributed by atoms with Crippen LogP contribution in [-0.2, 0) is 16.0 Å². The molecule has 2 N–H and O–H groups in total. The number of fused-ring (bicyclic) bond motifs is 1. The number of ether oxygens (including phenoxy) is 2. The maximum absolute atomic E-state index is 12.5. The molecule has 0 aromatic carbocycles. The average Bonchev–Trinajstić information content (AvgIpc) is 2.86. The van der Waals surface area contributed by atoms with Gasteiger partial charge in [0, 0.05) is 31.7 Å². The Hall–Kier alpha value is -1.32. The topological polar surface area (TPSA) is 87.7 Å². The van der Waals surface area contributed by atoms with Crippen LogP contribution in [0.15, 0.2) is 4.79 Å². The molecule has 1 atom stereocenters. The molecule has 0 aliphatic carbocycles. The van der Waals surface area contributed by atoms with Crippen molar-refractivity contribution in [2.24, 2.45) is 5.92 Å². The monoisotopic (exact) mass is 397 g/mol. The molecule has 2 aromatic heterocycles. The highest BCUT2D eigenvalue weighted by Crippen LogP contribution is 2.25. The second-order valence-electron chi connectivity index (χ2n) is 7.29. The van der Waals surface area contributed by atoms with Crippen molar-refractivity contribution in [3.05, 3.63) is 26.6 Å². The molecule has 27 heavy (non-hydrogen) atoms. The molecule has 0 amide bonds. The molecular weight excluding hydrogens is 366 g/mol. The lowest BCUT2D eigenvalue weighted by Crippen LogP contribution is -2.37. The Morgan fingerprint density at radius 3 is 2.70 bits per heavy atom. The van der Waals surface area contributed by atoms with Crippen LogP contribution in [0.3, 0.4) is 0 Å². The van der Waals surface area contributed by atoms with Gasteiger partial charge in [0.25, 0.3) is 5.56 Å². The number of nitrogens with one attached hydrogen (secondary N) is 1. The molecule has 0 fully saturated rings. The van der Waals surface area contributed by atoms with Gasteiger partial charge in [-0.15, -0.1) is 11.3 Å². The average molecular weight is 398 g/mol. The van der Waals surface area contributed by atoms with E-state index in [0.717, 1.165) is 15.3 Å². The normalized spacial score (nSPS) is 13.2. The van der Waals surface area contributed by atoms with E-state index in [0.29, 0.717) is 50.0 Å². The van der Waals surface area contributed by atoms with Crippen molar-refractivity contribution in [3.8, 4) is 0 Å². The Kier molecular flexibility index (Phi) is 8.37. The summed E-state index contributed by atoms with van der Waals surface area (Å²) in [6.07, 6.45) is -0.609. The van der Waals surface area contributed by atoms with Gasteiger partial charge in [-0.25, -0.2) is 4.98 Å². The quantitative estimate of drug-likeness (QED) is 0.604. The van der Waals surface area contributed by atoms with Gasteiger partial charge in [-0.2, -0.15) is 0 Å². The molecule has 0 saturated carbocycles. The molecule has 0 saturated heterocycles. The van der Waals surface area contributed by atoms with Gasteiger partial charge in [-0.05, 0) is 25.3 Å². The first-order valence-electron chi connectivity index (χ1n) is 9.27. The number of aromatic amines is 1. The summed E-state index contributed by atoms with van der Waals surface area (Å²) in [6.45, 7) is 11.0. The van der Waals surface area contributed by atoms with Crippen molar-refractivity contribution in [2.45, 2.75) is 40.3 Å². The highest BCUT2D eigenvalue weighted by molar-refractivity contribution is 7.18. The number of aliphatic hydroxyl groups is 1. The molecule has 2 aromatic rings. The van der Waals surface area contributed by atoms with Crippen molar-refractivity contribution >= 4 is 21.6 Å². The lowest BCUT2D eigenvalue weighted by Gasteiger charge is -2.24. The zero-order valence-corrected chi connectivity index (χ0v) is 17.7. The summed E-state index contributed by atoms with van der Waals surface area (Å²) in [5.74, 6) is 1.03. The third-order valence-electron chi connectivity index (χ3n) is 4.30. The summed E-state index contributed by atoms with van der Waals surface area (Å²) in [7, 11) is 1.64. The molecule has 0 aliphatic heterocycles. The smallest absolute Gasteiger partial charge is 0.259 e. The van der Waals surface area contributed by atoms with Crippen molar-refractivity contribution in [1.29, 1.82) is 0 Å². The van der Waals surface area contributed by atoms with E-state index in [9.17, 15) is 9.90 Å². The first kappa shape index (κ1) is 22.0. The first-order valence-corrected chi connectivity index (χ1v) is 10.1. The van der Waals surface area contributed by atoms with Crippen LogP contribution in [0.25, 0.3) is 10.2 Å². The van der Waals surface area contributed by atoms with Gasteiger partial charge in [0.15, 0.2) is 0 Å². The first-order chi connectivity index (χ1) is 12.8. The lowest BCUT2D eigenvalue weighted by molar-refractivity contribution is 0.00296. The summed E-state index contributed by atoms with van der Waals surface area (Å²) in [4.78, 5) is 23.9. The number of H-pyrrole nitrogens is 1. The second kappa shape index (κ2) is 10.3. The fourth-order valence-electron chi connectivity index (χ4n) is 2.83. The highest BCUT2D eigenvalue weighted by Gasteiger charge is 2.16. The van der Waals surface area contributed by atoms with E-state index in [1.54, 1.807) is 7.11 Å². The summed E-state index contributed by atoms with van der Waals surface area (Å²) < 4.78 is 10.7. The van der Waals surface area contributed by atoms with E-state index in [2.05, 4.69) is 23.8 Å². The molecule has 0 aliphatic rings. The van der Waals surface area contributed by atoms with Crippen LogP contribution in [-0.4, -0.2) is 66.1 Å². The Balaban J connectivity index is 2.08. The molecule has 0 bridgehead atoms. The van der Waals surface area contributed by atoms with Crippen molar-refractivity contribution in [3.63, 3.8) is 0 Å². The van der Waals surface area contributed by atoms with E-state index >= 15 is 0 Å². The van der Waals surface area contributed by atoms with Crippen LogP contribution >= 0.6 is 11.3 Å². The molecule has 0 unspecified atom stereocenters. The van der Waals surface area contributed by atoms with E-state index in [4.69, 9.17) is 9.47 Å². The van der Waals surface area contributed by atoms with Gasteiger partial charge >= 0.3 is 0 Å². The van der Waals surface area contributed by atoms with Gasteiger partial charge in [0.1, 0.15) is 10.7 Å². The minimum absolute atomic E-state index is 0.107. The van der Waals surface area contributed by atoms with Gasteiger partial charge < -0.3 is 19.6 Å². The summed E-state index contributed by atoms with van der Waals surface area (Å²) in [5, 5.41) is 11.0. The SMILES string of the molecule is COCCN(Cc1nc2sc(C)c(C)c2c(=O)[nH]1)C[C@@H](O)COCC(C)C. The minimum atomic E-state index is -0.609. The molecule has 7 nitrogen and oxygen atoms in total. The Labute approximate surface area is 164 Å². The van der Waals surface area contributed by atoms with Crippen LogP contribution < -0.4 is 5.56 Å². The number of aliphatic hydroxyl groups excluding tert-OH is 1. The molecule has 2 rings (SSSR count). The van der Waals surface area contributed by atoms with Crippen LogP contribution in [0.4, 0.5) is 0 Å². The highest BCUT2D eigenvalue weighted by atomic mass is 32.1. The Morgan fingerprint density at radius 1 is 1.30 bits per heavy atom. The predicted molar refractivity (Wildman–Crippen MR) is 109 cm³/mol.